The number of rotatable bonds is 3. The van der Waals surface area contributed by atoms with Crippen molar-refractivity contribution in [2.24, 2.45) is 0 Å². The lowest BCUT2D eigenvalue weighted by molar-refractivity contribution is 0.502. The molecule has 0 unspecified atom stereocenters. The van der Waals surface area contributed by atoms with E-state index in [2.05, 4.69) is 36.2 Å². The molecule has 78 valence electrons. The summed E-state index contributed by atoms with van der Waals surface area (Å²) in [4.78, 5) is 4.39. The molecule has 1 aromatic carbocycles. The Morgan fingerprint density at radius 1 is 1.07 bits per heavy atom. The van der Waals surface area contributed by atoms with Gasteiger partial charge in [0, 0.05) is 12.0 Å². The molecular formula is C13H15NO. The van der Waals surface area contributed by atoms with Crippen molar-refractivity contribution in [3.05, 3.63) is 42.0 Å². The van der Waals surface area contributed by atoms with E-state index < -0.39 is 0 Å². The Morgan fingerprint density at radius 2 is 1.80 bits per heavy atom. The van der Waals surface area contributed by atoms with Gasteiger partial charge in [0.15, 0.2) is 5.89 Å². The summed E-state index contributed by atoms with van der Waals surface area (Å²) in [5.41, 5.74) is 3.39. The third kappa shape index (κ3) is 2.09. The van der Waals surface area contributed by atoms with E-state index in [1.54, 1.807) is 6.26 Å². The Morgan fingerprint density at radius 3 is 2.33 bits per heavy atom. The Balaban J connectivity index is 2.28. The van der Waals surface area contributed by atoms with Crippen molar-refractivity contribution in [1.82, 2.24) is 4.98 Å². The van der Waals surface area contributed by atoms with Crippen LogP contribution in [0.5, 0.6) is 0 Å². The van der Waals surface area contributed by atoms with Gasteiger partial charge in [-0.3, -0.25) is 0 Å². The van der Waals surface area contributed by atoms with E-state index >= 15 is 0 Å². The average Bonchev–Trinajstić information content (AvgIpc) is 2.78. The fourth-order valence-corrected chi connectivity index (χ4v) is 1.52. The first-order valence-electron chi connectivity index (χ1n) is 5.37. The van der Waals surface area contributed by atoms with Crippen LogP contribution < -0.4 is 0 Å². The molecule has 1 heterocycles. The monoisotopic (exact) mass is 201 g/mol. The molecule has 1 aromatic heterocycles. The molecule has 0 saturated carbocycles. The van der Waals surface area contributed by atoms with Crippen molar-refractivity contribution in [2.75, 3.05) is 0 Å². The summed E-state index contributed by atoms with van der Waals surface area (Å²) in [6.45, 7) is 4.19. The average molecular weight is 201 g/mol. The van der Waals surface area contributed by atoms with Crippen LogP contribution in [-0.2, 0) is 12.8 Å². The number of hydrogen-bond donors (Lipinski definition) is 0. The van der Waals surface area contributed by atoms with Gasteiger partial charge in [0.2, 0.25) is 0 Å². The zero-order valence-corrected chi connectivity index (χ0v) is 9.16. The van der Waals surface area contributed by atoms with Gasteiger partial charge in [0.1, 0.15) is 12.0 Å². The summed E-state index contributed by atoms with van der Waals surface area (Å²) >= 11 is 0. The van der Waals surface area contributed by atoms with Crippen LogP contribution in [0.1, 0.15) is 25.3 Å². The van der Waals surface area contributed by atoms with E-state index in [1.807, 2.05) is 6.92 Å². The van der Waals surface area contributed by atoms with E-state index in [4.69, 9.17) is 4.42 Å². The lowest BCUT2D eigenvalue weighted by atomic mass is 10.1. The molecular weight excluding hydrogens is 186 g/mol. The van der Waals surface area contributed by atoms with Crippen molar-refractivity contribution in [3.63, 3.8) is 0 Å². The van der Waals surface area contributed by atoms with Gasteiger partial charge in [-0.25, -0.2) is 4.98 Å². The van der Waals surface area contributed by atoms with Gasteiger partial charge < -0.3 is 4.42 Å². The molecule has 0 aliphatic rings. The van der Waals surface area contributed by atoms with Gasteiger partial charge in [-0.15, -0.1) is 0 Å². The maximum atomic E-state index is 5.31. The molecule has 2 heteroatoms. The highest BCUT2D eigenvalue weighted by Gasteiger charge is 2.03. The molecule has 0 spiro atoms. The van der Waals surface area contributed by atoms with Crippen molar-refractivity contribution >= 4 is 0 Å². The molecule has 0 amide bonds. The molecule has 0 fully saturated rings. The first-order chi connectivity index (χ1) is 7.33. The molecule has 2 nitrogen and oxygen atoms in total. The summed E-state index contributed by atoms with van der Waals surface area (Å²) in [5.74, 6) is 0.796. The van der Waals surface area contributed by atoms with Crippen LogP contribution in [-0.4, -0.2) is 4.98 Å². The van der Waals surface area contributed by atoms with Crippen LogP contribution in [0.3, 0.4) is 0 Å². The second-order valence-electron chi connectivity index (χ2n) is 3.53. The zero-order chi connectivity index (χ0) is 10.7. The molecule has 0 atom stereocenters. The summed E-state index contributed by atoms with van der Waals surface area (Å²) in [7, 11) is 0. The van der Waals surface area contributed by atoms with Crippen molar-refractivity contribution in [1.29, 1.82) is 0 Å². The lowest BCUT2D eigenvalue weighted by Gasteiger charge is -1.98. The van der Waals surface area contributed by atoms with Crippen molar-refractivity contribution in [3.8, 4) is 11.3 Å². The van der Waals surface area contributed by atoms with Gasteiger partial charge in [-0.1, -0.05) is 38.1 Å². The van der Waals surface area contributed by atoms with Crippen LogP contribution in [0.4, 0.5) is 0 Å². The maximum Gasteiger partial charge on any atom is 0.194 e. The number of hydrogen-bond acceptors (Lipinski definition) is 2. The number of oxazole rings is 1. The normalized spacial score (nSPS) is 10.5. The largest absolute Gasteiger partial charge is 0.448 e. The molecule has 2 rings (SSSR count). The molecule has 0 N–H and O–H groups in total. The number of aromatic nitrogens is 1. The molecule has 0 saturated heterocycles. The number of nitrogens with zero attached hydrogens (tertiary/aromatic N) is 1. The van der Waals surface area contributed by atoms with Gasteiger partial charge in [-0.2, -0.15) is 0 Å². The molecule has 0 bridgehead atoms. The minimum Gasteiger partial charge on any atom is -0.448 e. The van der Waals surface area contributed by atoms with Gasteiger partial charge >= 0.3 is 0 Å². The van der Waals surface area contributed by atoms with Crippen molar-refractivity contribution in [2.45, 2.75) is 26.7 Å². The quantitative estimate of drug-likeness (QED) is 0.760. The first kappa shape index (κ1) is 9.97. The highest BCUT2D eigenvalue weighted by atomic mass is 16.3. The van der Waals surface area contributed by atoms with E-state index in [-0.39, 0.29) is 0 Å². The first-order valence-corrected chi connectivity index (χ1v) is 5.37. The molecule has 0 aliphatic carbocycles. The number of benzene rings is 1. The summed E-state index contributed by atoms with van der Waals surface area (Å²) < 4.78 is 5.31. The molecule has 2 aromatic rings. The standard InChI is InChI=1S/C13H15NO/c1-3-10-5-7-11(8-6-10)12-9-15-13(4-2)14-12/h5-9H,3-4H2,1-2H3. The smallest absolute Gasteiger partial charge is 0.194 e. The predicted octanol–water partition coefficient (Wildman–Crippen LogP) is 3.47. The summed E-state index contributed by atoms with van der Waals surface area (Å²) in [6.07, 6.45) is 3.63. The van der Waals surface area contributed by atoms with E-state index in [1.165, 1.54) is 5.56 Å². The van der Waals surface area contributed by atoms with E-state index in [0.717, 1.165) is 30.0 Å². The third-order valence-electron chi connectivity index (χ3n) is 2.51. The SMILES string of the molecule is CCc1ccc(-c2coc(CC)n2)cc1. The van der Waals surface area contributed by atoms with Crippen LogP contribution >= 0.6 is 0 Å². The number of aryl methyl sites for hydroxylation is 2. The van der Waals surface area contributed by atoms with Gasteiger partial charge in [0.05, 0.1) is 0 Å². The molecule has 0 radical (unpaired) electrons. The highest BCUT2D eigenvalue weighted by Crippen LogP contribution is 2.19. The fourth-order valence-electron chi connectivity index (χ4n) is 1.52. The van der Waals surface area contributed by atoms with Crippen molar-refractivity contribution < 1.29 is 4.42 Å². The molecule has 15 heavy (non-hydrogen) atoms. The molecule has 0 aliphatic heterocycles. The second-order valence-corrected chi connectivity index (χ2v) is 3.53. The van der Waals surface area contributed by atoms with Gasteiger partial charge in [0.25, 0.3) is 0 Å². The Kier molecular flexibility index (Phi) is 2.86. The minimum absolute atomic E-state index is 0.796. The Hall–Kier alpha value is -1.57. The zero-order valence-electron chi connectivity index (χ0n) is 9.16. The van der Waals surface area contributed by atoms with E-state index in [9.17, 15) is 0 Å². The maximum absolute atomic E-state index is 5.31. The Bertz CT molecular complexity index is 428. The van der Waals surface area contributed by atoms with Crippen LogP contribution in [0.15, 0.2) is 34.9 Å². The topological polar surface area (TPSA) is 26.0 Å². The fraction of sp³-hybridized carbons (Fsp3) is 0.308. The van der Waals surface area contributed by atoms with Crippen LogP contribution in [0, 0.1) is 0 Å². The minimum atomic E-state index is 0.796. The van der Waals surface area contributed by atoms with Gasteiger partial charge in [-0.05, 0) is 12.0 Å². The summed E-state index contributed by atoms with van der Waals surface area (Å²) in [6, 6.07) is 8.46. The second kappa shape index (κ2) is 4.30. The lowest BCUT2D eigenvalue weighted by Crippen LogP contribution is -1.83. The van der Waals surface area contributed by atoms with Crippen LogP contribution in [0.25, 0.3) is 11.3 Å². The Labute approximate surface area is 90.0 Å². The third-order valence-corrected chi connectivity index (χ3v) is 2.51. The highest BCUT2D eigenvalue weighted by molar-refractivity contribution is 5.58. The van der Waals surface area contributed by atoms with Crippen LogP contribution in [0.2, 0.25) is 0 Å². The predicted molar refractivity (Wildman–Crippen MR) is 60.7 cm³/mol. The van der Waals surface area contributed by atoms with E-state index in [0.29, 0.717) is 0 Å². The summed E-state index contributed by atoms with van der Waals surface area (Å²) in [5, 5.41) is 0.